The Morgan fingerprint density at radius 2 is 1.76 bits per heavy atom. The van der Waals surface area contributed by atoms with E-state index in [-0.39, 0.29) is 5.78 Å². The van der Waals surface area contributed by atoms with E-state index in [0.717, 1.165) is 38.2 Å². The van der Waals surface area contributed by atoms with Crippen molar-refractivity contribution in [3.05, 3.63) is 35.4 Å². The van der Waals surface area contributed by atoms with Crippen LogP contribution in [0.15, 0.2) is 24.3 Å². The Labute approximate surface area is 129 Å². The minimum absolute atomic E-state index is 0.174. The topological polar surface area (TPSA) is 32.3 Å². The first-order valence-electron chi connectivity index (χ1n) is 8.14. The van der Waals surface area contributed by atoms with E-state index >= 15 is 0 Å². The predicted molar refractivity (Wildman–Crippen MR) is 90.1 cm³/mol. The van der Waals surface area contributed by atoms with E-state index < -0.39 is 0 Å². The number of rotatable bonds is 10. The van der Waals surface area contributed by atoms with E-state index in [0.29, 0.717) is 12.5 Å². The Kier molecular flexibility index (Phi) is 8.24. The van der Waals surface area contributed by atoms with E-state index in [2.05, 4.69) is 50.0 Å². The van der Waals surface area contributed by atoms with Crippen molar-refractivity contribution >= 4 is 5.78 Å². The van der Waals surface area contributed by atoms with Gasteiger partial charge in [-0.2, -0.15) is 0 Å². The SMILES string of the molecule is CCN(CC)CCCNCC(=O)c1ccc(C(C)C)cc1. The van der Waals surface area contributed by atoms with Crippen LogP contribution in [-0.4, -0.2) is 43.4 Å². The maximum absolute atomic E-state index is 12.1. The number of ketones is 1. The molecule has 0 aliphatic heterocycles. The fourth-order valence-electron chi connectivity index (χ4n) is 2.33. The van der Waals surface area contributed by atoms with Crippen LogP contribution in [0.2, 0.25) is 0 Å². The summed E-state index contributed by atoms with van der Waals surface area (Å²) in [5.74, 6) is 0.681. The first-order chi connectivity index (χ1) is 10.1. The molecule has 0 aromatic heterocycles. The zero-order chi connectivity index (χ0) is 15.7. The maximum Gasteiger partial charge on any atom is 0.176 e. The van der Waals surface area contributed by atoms with Crippen molar-refractivity contribution in [3.8, 4) is 0 Å². The van der Waals surface area contributed by atoms with Crippen LogP contribution >= 0.6 is 0 Å². The molecule has 1 aromatic rings. The van der Waals surface area contributed by atoms with Crippen LogP contribution in [0.25, 0.3) is 0 Å². The molecule has 3 nitrogen and oxygen atoms in total. The number of benzene rings is 1. The highest BCUT2D eigenvalue weighted by molar-refractivity contribution is 5.97. The summed E-state index contributed by atoms with van der Waals surface area (Å²) in [5.41, 5.74) is 2.08. The molecule has 1 rings (SSSR count). The second-order valence-electron chi connectivity index (χ2n) is 5.76. The lowest BCUT2D eigenvalue weighted by Gasteiger charge is -2.17. The van der Waals surface area contributed by atoms with Crippen LogP contribution in [0, 0.1) is 0 Å². The van der Waals surface area contributed by atoms with Crippen LogP contribution in [0.1, 0.15) is 56.0 Å². The van der Waals surface area contributed by atoms with Gasteiger partial charge in [0, 0.05) is 5.56 Å². The molecule has 0 spiro atoms. The van der Waals surface area contributed by atoms with E-state index in [1.807, 2.05) is 12.1 Å². The number of carbonyl (C=O) groups is 1. The van der Waals surface area contributed by atoms with Gasteiger partial charge in [0.05, 0.1) is 6.54 Å². The molecule has 118 valence electrons. The number of hydrogen-bond acceptors (Lipinski definition) is 3. The summed E-state index contributed by atoms with van der Waals surface area (Å²) in [6.07, 6.45) is 1.08. The maximum atomic E-state index is 12.1. The molecule has 0 fully saturated rings. The Morgan fingerprint density at radius 3 is 2.29 bits per heavy atom. The van der Waals surface area contributed by atoms with Crippen LogP contribution in [0.3, 0.4) is 0 Å². The number of nitrogens with zero attached hydrogens (tertiary/aromatic N) is 1. The zero-order valence-electron chi connectivity index (χ0n) is 14.0. The van der Waals surface area contributed by atoms with Gasteiger partial charge in [-0.3, -0.25) is 4.79 Å². The first kappa shape index (κ1) is 17.9. The molecule has 0 aliphatic rings. The highest BCUT2D eigenvalue weighted by Crippen LogP contribution is 2.14. The second kappa shape index (κ2) is 9.69. The average Bonchev–Trinajstić information content (AvgIpc) is 2.50. The van der Waals surface area contributed by atoms with Crippen molar-refractivity contribution in [1.29, 1.82) is 0 Å². The third-order valence-electron chi connectivity index (χ3n) is 3.91. The molecule has 0 saturated carbocycles. The second-order valence-corrected chi connectivity index (χ2v) is 5.76. The number of hydrogen-bond donors (Lipinski definition) is 1. The number of nitrogens with one attached hydrogen (secondary N) is 1. The fourth-order valence-corrected chi connectivity index (χ4v) is 2.33. The molecule has 0 heterocycles. The summed E-state index contributed by atoms with van der Waals surface area (Å²) in [5, 5.41) is 3.25. The van der Waals surface area contributed by atoms with Crippen LogP contribution < -0.4 is 5.32 Å². The quantitative estimate of drug-likeness (QED) is 0.530. The summed E-state index contributed by atoms with van der Waals surface area (Å²) in [6, 6.07) is 7.99. The van der Waals surface area contributed by atoms with Crippen LogP contribution in [0.5, 0.6) is 0 Å². The van der Waals surface area contributed by atoms with Crippen molar-refractivity contribution < 1.29 is 4.79 Å². The van der Waals surface area contributed by atoms with Gasteiger partial charge in [-0.1, -0.05) is 52.0 Å². The third-order valence-corrected chi connectivity index (χ3v) is 3.91. The monoisotopic (exact) mass is 290 g/mol. The van der Waals surface area contributed by atoms with E-state index in [1.54, 1.807) is 0 Å². The van der Waals surface area contributed by atoms with Gasteiger partial charge in [-0.05, 0) is 44.1 Å². The minimum Gasteiger partial charge on any atom is -0.310 e. The summed E-state index contributed by atoms with van der Waals surface area (Å²) < 4.78 is 0. The van der Waals surface area contributed by atoms with Gasteiger partial charge in [0.15, 0.2) is 5.78 Å². The molecule has 0 aliphatic carbocycles. The fraction of sp³-hybridized carbons (Fsp3) is 0.611. The van der Waals surface area contributed by atoms with Crippen molar-refractivity contribution in [2.75, 3.05) is 32.7 Å². The van der Waals surface area contributed by atoms with Gasteiger partial charge in [-0.25, -0.2) is 0 Å². The summed E-state index contributed by atoms with van der Waals surface area (Å²) in [7, 11) is 0. The highest BCUT2D eigenvalue weighted by atomic mass is 16.1. The number of Topliss-reactive ketones (excluding diaryl/α,β-unsaturated/α-hetero) is 1. The van der Waals surface area contributed by atoms with Gasteiger partial charge in [0.1, 0.15) is 0 Å². The first-order valence-corrected chi connectivity index (χ1v) is 8.14. The van der Waals surface area contributed by atoms with Gasteiger partial charge in [0.2, 0.25) is 0 Å². The summed E-state index contributed by atoms with van der Waals surface area (Å²) in [6.45, 7) is 13.3. The molecule has 0 saturated heterocycles. The van der Waals surface area contributed by atoms with Gasteiger partial charge >= 0.3 is 0 Å². The molecule has 0 unspecified atom stereocenters. The Balaban J connectivity index is 2.27. The molecule has 0 atom stereocenters. The highest BCUT2D eigenvalue weighted by Gasteiger charge is 2.06. The zero-order valence-corrected chi connectivity index (χ0v) is 14.0. The van der Waals surface area contributed by atoms with Crippen molar-refractivity contribution in [2.45, 2.75) is 40.0 Å². The molecular formula is C18H30N2O. The molecule has 0 radical (unpaired) electrons. The van der Waals surface area contributed by atoms with Crippen molar-refractivity contribution in [3.63, 3.8) is 0 Å². The normalized spacial score (nSPS) is 11.3. The van der Waals surface area contributed by atoms with Crippen LogP contribution in [-0.2, 0) is 0 Å². The van der Waals surface area contributed by atoms with Crippen molar-refractivity contribution in [1.82, 2.24) is 10.2 Å². The Hall–Kier alpha value is -1.19. The lowest BCUT2D eigenvalue weighted by Crippen LogP contribution is -2.29. The molecule has 0 amide bonds. The molecule has 1 aromatic carbocycles. The van der Waals surface area contributed by atoms with E-state index in [1.165, 1.54) is 5.56 Å². The molecular weight excluding hydrogens is 260 g/mol. The summed E-state index contributed by atoms with van der Waals surface area (Å²) in [4.78, 5) is 14.5. The number of carbonyl (C=O) groups excluding carboxylic acids is 1. The summed E-state index contributed by atoms with van der Waals surface area (Å²) >= 11 is 0. The van der Waals surface area contributed by atoms with E-state index in [4.69, 9.17) is 0 Å². The van der Waals surface area contributed by atoms with Gasteiger partial charge in [0.25, 0.3) is 0 Å². The molecule has 21 heavy (non-hydrogen) atoms. The lowest BCUT2D eigenvalue weighted by molar-refractivity contribution is 0.0991. The standard InChI is InChI=1S/C18H30N2O/c1-5-20(6-2)13-7-12-19-14-18(21)17-10-8-16(9-11-17)15(3)4/h8-11,15,19H,5-7,12-14H2,1-4H3. The van der Waals surface area contributed by atoms with Crippen LogP contribution in [0.4, 0.5) is 0 Å². The van der Waals surface area contributed by atoms with Gasteiger partial charge in [-0.15, -0.1) is 0 Å². The van der Waals surface area contributed by atoms with E-state index in [9.17, 15) is 4.79 Å². The average molecular weight is 290 g/mol. The van der Waals surface area contributed by atoms with Crippen molar-refractivity contribution in [2.24, 2.45) is 0 Å². The third kappa shape index (κ3) is 6.40. The Bertz CT molecular complexity index is 408. The minimum atomic E-state index is 0.174. The predicted octanol–water partition coefficient (Wildman–Crippen LogP) is 3.31. The molecule has 0 bridgehead atoms. The largest absolute Gasteiger partial charge is 0.310 e. The molecule has 3 heteroatoms. The smallest absolute Gasteiger partial charge is 0.176 e. The van der Waals surface area contributed by atoms with Gasteiger partial charge < -0.3 is 10.2 Å². The lowest BCUT2D eigenvalue weighted by atomic mass is 10.0. The Morgan fingerprint density at radius 1 is 1.14 bits per heavy atom. The molecule has 1 N–H and O–H groups in total.